The summed E-state index contributed by atoms with van der Waals surface area (Å²) < 4.78 is 12.1. The lowest BCUT2D eigenvalue weighted by molar-refractivity contribution is 0.203. The molecule has 0 bridgehead atoms. The summed E-state index contributed by atoms with van der Waals surface area (Å²) in [6.07, 6.45) is 3.00. The molecule has 0 spiro atoms. The van der Waals surface area contributed by atoms with Crippen LogP contribution in [0.5, 0.6) is 11.5 Å². The van der Waals surface area contributed by atoms with E-state index in [4.69, 9.17) is 9.47 Å². The van der Waals surface area contributed by atoms with Crippen molar-refractivity contribution >= 4 is 32.2 Å². The van der Waals surface area contributed by atoms with E-state index >= 15 is 0 Å². The standard InChI is InChI=1S/C15H15NO3S/c1-8(17)12-6-10-13(18-2)9-4-5-16-7-11(9)14(19-3)15(10)20-12/h4-8,17H,1-3H3. The Kier molecular flexibility index (Phi) is 3.23. The molecule has 104 valence electrons. The van der Waals surface area contributed by atoms with Gasteiger partial charge in [0.25, 0.3) is 0 Å². The van der Waals surface area contributed by atoms with Crippen LogP contribution in [-0.4, -0.2) is 24.3 Å². The van der Waals surface area contributed by atoms with Crippen LogP contribution in [-0.2, 0) is 0 Å². The molecule has 20 heavy (non-hydrogen) atoms. The van der Waals surface area contributed by atoms with Crippen molar-refractivity contribution < 1.29 is 14.6 Å². The van der Waals surface area contributed by atoms with E-state index in [1.165, 1.54) is 11.3 Å². The van der Waals surface area contributed by atoms with Crippen LogP contribution in [0.3, 0.4) is 0 Å². The third-order valence-corrected chi connectivity index (χ3v) is 4.64. The Balaban J connectivity index is 2.51. The zero-order valence-electron chi connectivity index (χ0n) is 11.5. The Morgan fingerprint density at radius 2 is 1.90 bits per heavy atom. The first-order valence-corrected chi connectivity index (χ1v) is 7.08. The average molecular weight is 289 g/mol. The Hall–Kier alpha value is -1.85. The van der Waals surface area contributed by atoms with E-state index in [2.05, 4.69) is 4.98 Å². The van der Waals surface area contributed by atoms with Crippen LogP contribution in [0.1, 0.15) is 17.9 Å². The Labute approximate surface area is 120 Å². The summed E-state index contributed by atoms with van der Waals surface area (Å²) in [6.45, 7) is 1.75. The van der Waals surface area contributed by atoms with Gasteiger partial charge < -0.3 is 14.6 Å². The van der Waals surface area contributed by atoms with Gasteiger partial charge in [-0.15, -0.1) is 11.3 Å². The van der Waals surface area contributed by atoms with Gasteiger partial charge in [-0.25, -0.2) is 0 Å². The first-order chi connectivity index (χ1) is 9.67. The minimum atomic E-state index is -0.511. The minimum absolute atomic E-state index is 0.511. The largest absolute Gasteiger partial charge is 0.495 e. The summed E-state index contributed by atoms with van der Waals surface area (Å²) in [5.41, 5.74) is 0. The fraction of sp³-hybridized carbons (Fsp3) is 0.267. The molecular weight excluding hydrogens is 274 g/mol. The number of fused-ring (bicyclic) bond motifs is 2. The van der Waals surface area contributed by atoms with Gasteiger partial charge in [-0.1, -0.05) is 0 Å². The molecule has 1 aromatic carbocycles. The highest BCUT2D eigenvalue weighted by Crippen LogP contribution is 2.46. The highest BCUT2D eigenvalue weighted by atomic mass is 32.1. The molecule has 1 atom stereocenters. The highest BCUT2D eigenvalue weighted by Gasteiger charge is 2.19. The first kappa shape index (κ1) is 13.1. The summed E-state index contributed by atoms with van der Waals surface area (Å²) >= 11 is 1.52. The van der Waals surface area contributed by atoms with Crippen molar-refractivity contribution in [3.63, 3.8) is 0 Å². The number of hydrogen-bond donors (Lipinski definition) is 1. The summed E-state index contributed by atoms with van der Waals surface area (Å²) in [6, 6.07) is 3.88. The van der Waals surface area contributed by atoms with E-state index in [9.17, 15) is 5.11 Å². The SMILES string of the molecule is COc1c2ccncc2c(OC)c2sc(C(C)O)cc12. The van der Waals surface area contributed by atoms with Crippen LogP contribution in [0, 0.1) is 0 Å². The molecule has 2 aromatic heterocycles. The second-order valence-electron chi connectivity index (χ2n) is 4.56. The van der Waals surface area contributed by atoms with Gasteiger partial charge in [0.05, 0.1) is 25.0 Å². The smallest absolute Gasteiger partial charge is 0.146 e. The monoisotopic (exact) mass is 289 g/mol. The quantitative estimate of drug-likeness (QED) is 0.801. The van der Waals surface area contributed by atoms with E-state index in [-0.39, 0.29) is 0 Å². The molecule has 5 heteroatoms. The van der Waals surface area contributed by atoms with Crippen LogP contribution in [0.25, 0.3) is 20.9 Å². The van der Waals surface area contributed by atoms with Crippen molar-refractivity contribution in [2.75, 3.05) is 14.2 Å². The van der Waals surface area contributed by atoms with Crippen molar-refractivity contribution in [2.24, 2.45) is 0 Å². The van der Waals surface area contributed by atoms with Gasteiger partial charge in [0, 0.05) is 33.4 Å². The van der Waals surface area contributed by atoms with Crippen molar-refractivity contribution in [1.82, 2.24) is 4.98 Å². The Morgan fingerprint density at radius 1 is 1.15 bits per heavy atom. The van der Waals surface area contributed by atoms with Crippen molar-refractivity contribution in [1.29, 1.82) is 0 Å². The number of rotatable bonds is 3. The number of aromatic nitrogens is 1. The number of hydrogen-bond acceptors (Lipinski definition) is 5. The molecule has 0 aliphatic carbocycles. The van der Waals surface area contributed by atoms with Gasteiger partial charge >= 0.3 is 0 Å². The van der Waals surface area contributed by atoms with Crippen LogP contribution in [0.15, 0.2) is 24.5 Å². The zero-order chi connectivity index (χ0) is 14.3. The number of nitrogens with zero attached hydrogens (tertiary/aromatic N) is 1. The summed E-state index contributed by atoms with van der Waals surface area (Å²) in [4.78, 5) is 5.05. The van der Waals surface area contributed by atoms with E-state index in [0.717, 1.165) is 37.2 Å². The van der Waals surface area contributed by atoms with Gasteiger partial charge in [0.1, 0.15) is 11.5 Å². The molecule has 1 unspecified atom stereocenters. The molecule has 0 radical (unpaired) electrons. The summed E-state index contributed by atoms with van der Waals surface area (Å²) in [7, 11) is 3.30. The van der Waals surface area contributed by atoms with Crippen molar-refractivity contribution in [3.05, 3.63) is 29.4 Å². The van der Waals surface area contributed by atoms with Crippen LogP contribution in [0.2, 0.25) is 0 Å². The fourth-order valence-electron chi connectivity index (χ4n) is 2.42. The van der Waals surface area contributed by atoms with Crippen LogP contribution < -0.4 is 9.47 Å². The molecule has 2 heterocycles. The lowest BCUT2D eigenvalue weighted by Crippen LogP contribution is -1.91. The number of pyridine rings is 1. The molecule has 3 rings (SSSR count). The van der Waals surface area contributed by atoms with Crippen molar-refractivity contribution in [2.45, 2.75) is 13.0 Å². The lowest BCUT2D eigenvalue weighted by Gasteiger charge is -2.11. The maximum absolute atomic E-state index is 9.81. The third kappa shape index (κ3) is 1.82. The van der Waals surface area contributed by atoms with Gasteiger partial charge in [0.15, 0.2) is 0 Å². The molecule has 0 amide bonds. The maximum Gasteiger partial charge on any atom is 0.146 e. The molecule has 0 saturated carbocycles. The first-order valence-electron chi connectivity index (χ1n) is 6.26. The molecule has 4 nitrogen and oxygen atoms in total. The summed E-state index contributed by atoms with van der Waals surface area (Å²) in [5, 5.41) is 12.6. The zero-order valence-corrected chi connectivity index (χ0v) is 12.3. The normalized spacial score (nSPS) is 12.8. The third-order valence-electron chi connectivity index (χ3n) is 3.33. The lowest BCUT2D eigenvalue weighted by atomic mass is 10.1. The molecule has 3 aromatic rings. The van der Waals surface area contributed by atoms with E-state index < -0.39 is 6.10 Å². The molecular formula is C15H15NO3S. The fourth-order valence-corrected chi connectivity index (χ4v) is 3.55. The van der Waals surface area contributed by atoms with Gasteiger partial charge in [-0.05, 0) is 19.1 Å². The van der Waals surface area contributed by atoms with E-state index in [0.29, 0.717) is 0 Å². The maximum atomic E-state index is 9.81. The Morgan fingerprint density at radius 3 is 2.55 bits per heavy atom. The highest BCUT2D eigenvalue weighted by molar-refractivity contribution is 7.19. The number of methoxy groups -OCH3 is 2. The van der Waals surface area contributed by atoms with Crippen LogP contribution >= 0.6 is 11.3 Å². The van der Waals surface area contributed by atoms with E-state index in [1.54, 1.807) is 33.5 Å². The number of ether oxygens (including phenoxy) is 2. The molecule has 0 saturated heterocycles. The minimum Gasteiger partial charge on any atom is -0.495 e. The number of benzene rings is 1. The van der Waals surface area contributed by atoms with E-state index in [1.807, 2.05) is 12.1 Å². The van der Waals surface area contributed by atoms with Gasteiger partial charge in [-0.3, -0.25) is 4.98 Å². The Bertz CT molecular complexity index is 719. The van der Waals surface area contributed by atoms with Crippen LogP contribution in [0.4, 0.5) is 0 Å². The average Bonchev–Trinajstić information content (AvgIpc) is 2.89. The molecule has 0 fully saturated rings. The van der Waals surface area contributed by atoms with Crippen molar-refractivity contribution in [3.8, 4) is 11.5 Å². The number of aliphatic hydroxyl groups excluding tert-OH is 1. The van der Waals surface area contributed by atoms with Gasteiger partial charge in [0.2, 0.25) is 0 Å². The van der Waals surface area contributed by atoms with Gasteiger partial charge in [-0.2, -0.15) is 0 Å². The second kappa shape index (κ2) is 4.92. The molecule has 0 aliphatic heterocycles. The number of aliphatic hydroxyl groups is 1. The molecule has 0 aliphatic rings. The predicted octanol–water partition coefficient (Wildman–Crippen LogP) is 3.52. The summed E-state index contributed by atoms with van der Waals surface area (Å²) in [5.74, 6) is 1.57. The predicted molar refractivity (Wildman–Crippen MR) is 80.9 cm³/mol. The number of thiophene rings is 1. The topological polar surface area (TPSA) is 51.6 Å². The second-order valence-corrected chi connectivity index (χ2v) is 5.64. The molecule has 1 N–H and O–H groups in total.